The lowest BCUT2D eigenvalue weighted by Crippen LogP contribution is -2.35. The third kappa shape index (κ3) is 3.61. The fraction of sp³-hybridized carbons (Fsp3) is 0.250. The monoisotopic (exact) mass is 234 g/mol. The third-order valence-corrected chi connectivity index (χ3v) is 2.74. The molecule has 3 N–H and O–H groups in total. The predicted octanol–water partition coefficient (Wildman–Crippen LogP) is 1.70. The van der Waals surface area contributed by atoms with Crippen LogP contribution in [0.3, 0.4) is 0 Å². The Bertz CT molecular complexity index is 412. The zero-order chi connectivity index (χ0) is 12.0. The van der Waals surface area contributed by atoms with E-state index in [0.717, 1.165) is 10.6 Å². The van der Waals surface area contributed by atoms with E-state index in [1.54, 1.807) is 11.8 Å². The number of amides is 1. The Balaban J connectivity index is 2.66. The molecule has 1 atom stereocenters. The summed E-state index contributed by atoms with van der Waals surface area (Å²) in [5.74, 6) is 2.11. The molecule has 4 heteroatoms. The molecule has 84 valence electrons. The molecule has 0 saturated carbocycles. The van der Waals surface area contributed by atoms with Crippen LogP contribution >= 0.6 is 11.8 Å². The second kappa shape index (κ2) is 6.21. The van der Waals surface area contributed by atoms with Gasteiger partial charge in [0.15, 0.2) is 0 Å². The predicted molar refractivity (Wildman–Crippen MR) is 68.3 cm³/mol. The smallest absolute Gasteiger partial charge is 0.242 e. The van der Waals surface area contributed by atoms with E-state index in [-0.39, 0.29) is 12.3 Å². The minimum Gasteiger partial charge on any atom is -0.325 e. The number of carbonyl (C=O) groups is 1. The summed E-state index contributed by atoms with van der Waals surface area (Å²) in [6, 6.07) is 6.92. The molecule has 1 aromatic carbocycles. The Morgan fingerprint density at radius 1 is 1.69 bits per heavy atom. The van der Waals surface area contributed by atoms with Crippen LogP contribution in [0, 0.1) is 12.3 Å². The summed E-state index contributed by atoms with van der Waals surface area (Å²) >= 11 is 1.61. The average molecular weight is 234 g/mol. The lowest BCUT2D eigenvalue weighted by atomic mass is 10.2. The molecular weight excluding hydrogens is 220 g/mol. The topological polar surface area (TPSA) is 55.1 Å². The normalized spacial score (nSPS) is 11.6. The Morgan fingerprint density at radius 3 is 3.06 bits per heavy atom. The molecule has 1 aromatic rings. The fourth-order valence-corrected chi connectivity index (χ4v) is 1.61. The first-order valence-corrected chi connectivity index (χ1v) is 6.04. The van der Waals surface area contributed by atoms with Gasteiger partial charge in [-0.25, -0.2) is 0 Å². The Morgan fingerprint density at radius 2 is 2.44 bits per heavy atom. The van der Waals surface area contributed by atoms with E-state index in [9.17, 15) is 4.79 Å². The molecular formula is C12H14N2OS. The van der Waals surface area contributed by atoms with Crippen LogP contribution in [0.25, 0.3) is 0 Å². The Kier molecular flexibility index (Phi) is 4.90. The van der Waals surface area contributed by atoms with Gasteiger partial charge in [0, 0.05) is 17.0 Å². The van der Waals surface area contributed by atoms with Crippen molar-refractivity contribution < 1.29 is 4.79 Å². The minimum absolute atomic E-state index is 0.244. The maximum absolute atomic E-state index is 11.6. The zero-order valence-corrected chi connectivity index (χ0v) is 9.88. The number of thioether (sulfide) groups is 1. The molecule has 1 rings (SSSR count). The van der Waals surface area contributed by atoms with E-state index in [1.807, 2.05) is 30.5 Å². The van der Waals surface area contributed by atoms with Gasteiger partial charge >= 0.3 is 0 Å². The second-order valence-corrected chi connectivity index (χ2v) is 4.12. The first kappa shape index (κ1) is 12.6. The van der Waals surface area contributed by atoms with Crippen molar-refractivity contribution >= 4 is 23.4 Å². The van der Waals surface area contributed by atoms with Crippen LogP contribution < -0.4 is 11.1 Å². The molecule has 0 heterocycles. The van der Waals surface area contributed by atoms with E-state index in [2.05, 4.69) is 11.2 Å². The highest BCUT2D eigenvalue weighted by molar-refractivity contribution is 7.98. The number of hydrogen-bond acceptors (Lipinski definition) is 3. The molecule has 0 saturated heterocycles. The number of carbonyl (C=O) groups excluding carboxylic acids is 1. The van der Waals surface area contributed by atoms with E-state index >= 15 is 0 Å². The summed E-state index contributed by atoms with van der Waals surface area (Å²) in [6.45, 7) is 0. The fourth-order valence-electron chi connectivity index (χ4n) is 1.16. The van der Waals surface area contributed by atoms with Crippen molar-refractivity contribution in [2.24, 2.45) is 5.73 Å². The van der Waals surface area contributed by atoms with Crippen LogP contribution in [-0.2, 0) is 4.79 Å². The first-order valence-electron chi connectivity index (χ1n) is 4.81. The van der Waals surface area contributed by atoms with E-state index in [4.69, 9.17) is 12.2 Å². The van der Waals surface area contributed by atoms with Crippen LogP contribution in [0.5, 0.6) is 0 Å². The zero-order valence-electron chi connectivity index (χ0n) is 9.07. The van der Waals surface area contributed by atoms with Crippen molar-refractivity contribution in [2.45, 2.75) is 17.4 Å². The number of nitrogens with one attached hydrogen (secondary N) is 1. The van der Waals surface area contributed by atoms with Crippen molar-refractivity contribution in [3.05, 3.63) is 24.3 Å². The number of benzene rings is 1. The second-order valence-electron chi connectivity index (χ2n) is 3.24. The summed E-state index contributed by atoms with van der Waals surface area (Å²) in [7, 11) is 0. The summed E-state index contributed by atoms with van der Waals surface area (Å²) in [5, 5.41) is 2.73. The largest absolute Gasteiger partial charge is 0.325 e. The maximum atomic E-state index is 11.6. The molecule has 0 aliphatic carbocycles. The number of hydrogen-bond donors (Lipinski definition) is 2. The van der Waals surface area contributed by atoms with Gasteiger partial charge in [-0.3, -0.25) is 4.79 Å². The standard InChI is InChI=1S/C12H14N2OS/c1-3-5-11(13)12(15)14-9-6-4-7-10(8-9)16-2/h1,4,6-8,11H,5,13H2,2H3,(H,14,15). The minimum atomic E-state index is -0.650. The van der Waals surface area contributed by atoms with Crippen molar-refractivity contribution in [1.82, 2.24) is 0 Å². The van der Waals surface area contributed by atoms with Crippen LogP contribution in [0.15, 0.2) is 29.2 Å². The molecule has 0 aliphatic heterocycles. The third-order valence-electron chi connectivity index (χ3n) is 2.01. The van der Waals surface area contributed by atoms with Gasteiger partial charge in [-0.15, -0.1) is 24.1 Å². The molecule has 0 radical (unpaired) electrons. The van der Waals surface area contributed by atoms with Crippen molar-refractivity contribution in [1.29, 1.82) is 0 Å². The van der Waals surface area contributed by atoms with E-state index in [0.29, 0.717) is 0 Å². The molecule has 0 aliphatic rings. The molecule has 0 bridgehead atoms. The highest BCUT2D eigenvalue weighted by Crippen LogP contribution is 2.18. The van der Waals surface area contributed by atoms with Crippen LogP contribution in [0.4, 0.5) is 5.69 Å². The maximum Gasteiger partial charge on any atom is 0.242 e. The highest BCUT2D eigenvalue weighted by atomic mass is 32.2. The molecule has 1 amide bonds. The summed E-state index contributed by atoms with van der Waals surface area (Å²) < 4.78 is 0. The van der Waals surface area contributed by atoms with Crippen molar-refractivity contribution in [3.8, 4) is 12.3 Å². The molecule has 1 unspecified atom stereocenters. The molecule has 16 heavy (non-hydrogen) atoms. The molecule has 0 spiro atoms. The SMILES string of the molecule is C#CCC(N)C(=O)Nc1cccc(SC)c1. The quantitative estimate of drug-likeness (QED) is 0.616. The molecule has 3 nitrogen and oxygen atoms in total. The lowest BCUT2D eigenvalue weighted by molar-refractivity contribution is -0.117. The molecule has 0 fully saturated rings. The van der Waals surface area contributed by atoms with Gasteiger partial charge in [0.1, 0.15) is 0 Å². The van der Waals surface area contributed by atoms with Gasteiger partial charge < -0.3 is 11.1 Å². The number of rotatable bonds is 4. The number of nitrogens with two attached hydrogens (primary N) is 1. The Hall–Kier alpha value is -1.44. The summed E-state index contributed by atoms with van der Waals surface area (Å²) in [6.07, 6.45) is 7.31. The van der Waals surface area contributed by atoms with Gasteiger partial charge in [0.25, 0.3) is 0 Å². The van der Waals surface area contributed by atoms with Gasteiger partial charge in [-0.1, -0.05) is 6.07 Å². The van der Waals surface area contributed by atoms with Crippen molar-refractivity contribution in [2.75, 3.05) is 11.6 Å². The number of terminal acetylenes is 1. The Labute approximate surface area is 99.8 Å². The van der Waals surface area contributed by atoms with Gasteiger partial charge in [-0.05, 0) is 24.5 Å². The van der Waals surface area contributed by atoms with Crippen LogP contribution in [-0.4, -0.2) is 18.2 Å². The van der Waals surface area contributed by atoms with Gasteiger partial charge in [0.05, 0.1) is 6.04 Å². The first-order chi connectivity index (χ1) is 7.67. The van der Waals surface area contributed by atoms with Crippen LogP contribution in [0.2, 0.25) is 0 Å². The van der Waals surface area contributed by atoms with E-state index in [1.165, 1.54) is 0 Å². The number of anilines is 1. The average Bonchev–Trinajstić information content (AvgIpc) is 2.29. The van der Waals surface area contributed by atoms with E-state index < -0.39 is 6.04 Å². The van der Waals surface area contributed by atoms with Crippen LogP contribution in [0.1, 0.15) is 6.42 Å². The summed E-state index contributed by atoms with van der Waals surface area (Å²) in [5.41, 5.74) is 6.33. The lowest BCUT2D eigenvalue weighted by Gasteiger charge is -2.10. The molecule has 0 aromatic heterocycles. The highest BCUT2D eigenvalue weighted by Gasteiger charge is 2.11. The summed E-state index contributed by atoms with van der Waals surface area (Å²) in [4.78, 5) is 12.6. The van der Waals surface area contributed by atoms with Gasteiger partial charge in [0.2, 0.25) is 5.91 Å². The van der Waals surface area contributed by atoms with Gasteiger partial charge in [-0.2, -0.15) is 0 Å². The van der Waals surface area contributed by atoms with Crippen molar-refractivity contribution in [3.63, 3.8) is 0 Å².